The molecule has 172 valence electrons. The average Bonchev–Trinajstić information content (AvgIpc) is 3.52. The predicted octanol–water partition coefficient (Wildman–Crippen LogP) is 2.92. The van der Waals surface area contributed by atoms with Crippen LogP contribution in [0.25, 0.3) is 0 Å². The smallest absolute Gasteiger partial charge is 0.274 e. The molecule has 0 bridgehead atoms. The number of aryl methyl sites for hydroxylation is 2. The van der Waals surface area contributed by atoms with Crippen molar-refractivity contribution in [3.63, 3.8) is 0 Å². The van der Waals surface area contributed by atoms with E-state index in [1.165, 1.54) is 0 Å². The fourth-order valence-electron chi connectivity index (χ4n) is 4.03. The molecule has 1 atom stereocenters. The van der Waals surface area contributed by atoms with E-state index >= 15 is 0 Å². The number of nitrogens with zero attached hydrogens (tertiary/aromatic N) is 5. The van der Waals surface area contributed by atoms with Crippen LogP contribution in [0.15, 0.2) is 42.7 Å². The van der Waals surface area contributed by atoms with Gasteiger partial charge >= 0.3 is 0 Å². The van der Waals surface area contributed by atoms with Crippen molar-refractivity contribution in [2.45, 2.75) is 45.8 Å². The average molecular weight is 449 g/mol. The van der Waals surface area contributed by atoms with Gasteiger partial charge in [0.25, 0.3) is 11.8 Å². The summed E-state index contributed by atoms with van der Waals surface area (Å²) in [5, 5.41) is 7.30. The van der Waals surface area contributed by atoms with Gasteiger partial charge < -0.3 is 15.0 Å². The first-order valence-corrected chi connectivity index (χ1v) is 11.1. The SMILES string of the molecule is CCn1ccc(C(=O)N2CCC[C@@H]2c2nc(C)ncc2C(=O)NCc2ccc(OC)cc2)n1. The molecule has 4 rings (SSSR count). The van der Waals surface area contributed by atoms with Gasteiger partial charge in [-0.15, -0.1) is 0 Å². The molecule has 2 amide bonds. The minimum absolute atomic E-state index is 0.148. The van der Waals surface area contributed by atoms with Gasteiger partial charge in [0, 0.05) is 32.0 Å². The van der Waals surface area contributed by atoms with Crippen molar-refractivity contribution in [1.82, 2.24) is 30.0 Å². The normalized spacial score (nSPS) is 15.5. The summed E-state index contributed by atoms with van der Waals surface area (Å²) >= 11 is 0. The molecule has 9 heteroatoms. The molecule has 0 spiro atoms. The molecule has 3 aromatic rings. The Morgan fingerprint density at radius 2 is 2.00 bits per heavy atom. The summed E-state index contributed by atoms with van der Waals surface area (Å²) in [7, 11) is 1.61. The number of nitrogens with one attached hydrogen (secondary N) is 1. The van der Waals surface area contributed by atoms with Gasteiger partial charge in [-0.25, -0.2) is 9.97 Å². The van der Waals surface area contributed by atoms with Crippen molar-refractivity contribution in [1.29, 1.82) is 0 Å². The minimum atomic E-state index is -0.298. The number of methoxy groups -OCH3 is 1. The maximum absolute atomic E-state index is 13.2. The fourth-order valence-corrected chi connectivity index (χ4v) is 4.03. The Hall–Kier alpha value is -3.75. The number of aromatic nitrogens is 4. The van der Waals surface area contributed by atoms with Crippen LogP contribution >= 0.6 is 0 Å². The van der Waals surface area contributed by atoms with E-state index in [1.807, 2.05) is 31.2 Å². The molecular formula is C24H28N6O3. The zero-order valence-electron chi connectivity index (χ0n) is 19.1. The van der Waals surface area contributed by atoms with Gasteiger partial charge in [0.15, 0.2) is 0 Å². The number of carbonyl (C=O) groups excluding carboxylic acids is 2. The van der Waals surface area contributed by atoms with Crippen LogP contribution in [0.2, 0.25) is 0 Å². The summed E-state index contributed by atoms with van der Waals surface area (Å²) in [6, 6.07) is 8.94. The van der Waals surface area contributed by atoms with E-state index in [4.69, 9.17) is 4.74 Å². The van der Waals surface area contributed by atoms with Gasteiger partial charge in [0.05, 0.1) is 24.4 Å². The first kappa shape index (κ1) is 22.4. The number of ether oxygens (including phenoxy) is 1. The van der Waals surface area contributed by atoms with E-state index < -0.39 is 0 Å². The highest BCUT2D eigenvalue weighted by molar-refractivity contribution is 5.96. The van der Waals surface area contributed by atoms with E-state index in [0.29, 0.717) is 42.4 Å². The summed E-state index contributed by atoms with van der Waals surface area (Å²) in [6.45, 7) is 5.41. The summed E-state index contributed by atoms with van der Waals surface area (Å²) < 4.78 is 6.90. The van der Waals surface area contributed by atoms with Crippen molar-refractivity contribution in [3.8, 4) is 5.75 Å². The Morgan fingerprint density at radius 1 is 1.21 bits per heavy atom. The Morgan fingerprint density at radius 3 is 2.70 bits per heavy atom. The molecule has 1 saturated heterocycles. The molecule has 33 heavy (non-hydrogen) atoms. The second kappa shape index (κ2) is 9.81. The van der Waals surface area contributed by atoms with Gasteiger partial charge in [0.2, 0.25) is 0 Å². The van der Waals surface area contributed by atoms with Gasteiger partial charge in [0.1, 0.15) is 17.3 Å². The zero-order valence-corrected chi connectivity index (χ0v) is 19.1. The second-order valence-electron chi connectivity index (χ2n) is 7.96. The van der Waals surface area contributed by atoms with Gasteiger partial charge in [-0.1, -0.05) is 12.1 Å². The number of amides is 2. The summed E-state index contributed by atoms with van der Waals surface area (Å²) in [5.41, 5.74) is 2.32. The van der Waals surface area contributed by atoms with Crippen LogP contribution in [-0.2, 0) is 13.1 Å². The molecule has 3 heterocycles. The van der Waals surface area contributed by atoms with Crippen molar-refractivity contribution >= 4 is 11.8 Å². The van der Waals surface area contributed by atoms with Gasteiger partial charge in [-0.2, -0.15) is 5.10 Å². The monoisotopic (exact) mass is 448 g/mol. The number of hydrogen-bond donors (Lipinski definition) is 1. The van der Waals surface area contributed by atoms with Crippen molar-refractivity contribution in [3.05, 3.63) is 71.1 Å². The van der Waals surface area contributed by atoms with E-state index in [0.717, 1.165) is 24.2 Å². The number of rotatable bonds is 7. The van der Waals surface area contributed by atoms with Crippen LogP contribution in [-0.4, -0.2) is 50.1 Å². The molecule has 0 radical (unpaired) electrons. The van der Waals surface area contributed by atoms with Crippen LogP contribution in [0, 0.1) is 6.92 Å². The Balaban J connectivity index is 1.55. The first-order chi connectivity index (χ1) is 16.0. The van der Waals surface area contributed by atoms with Gasteiger partial charge in [-0.3, -0.25) is 14.3 Å². The molecule has 0 saturated carbocycles. The zero-order chi connectivity index (χ0) is 23.4. The van der Waals surface area contributed by atoms with Crippen LogP contribution in [0.3, 0.4) is 0 Å². The highest BCUT2D eigenvalue weighted by Crippen LogP contribution is 2.33. The molecule has 1 aliphatic heterocycles. The molecule has 9 nitrogen and oxygen atoms in total. The lowest BCUT2D eigenvalue weighted by molar-refractivity contribution is 0.0722. The van der Waals surface area contributed by atoms with Crippen molar-refractivity contribution < 1.29 is 14.3 Å². The maximum Gasteiger partial charge on any atom is 0.274 e. The molecule has 1 fully saturated rings. The summed E-state index contributed by atoms with van der Waals surface area (Å²) in [4.78, 5) is 36.9. The maximum atomic E-state index is 13.2. The quantitative estimate of drug-likeness (QED) is 0.596. The lowest BCUT2D eigenvalue weighted by Gasteiger charge is -2.25. The number of hydrogen-bond acceptors (Lipinski definition) is 6. The first-order valence-electron chi connectivity index (χ1n) is 11.1. The molecule has 0 aliphatic carbocycles. The lowest BCUT2D eigenvalue weighted by atomic mass is 10.0. The molecule has 0 unspecified atom stereocenters. The summed E-state index contributed by atoms with van der Waals surface area (Å²) in [5.74, 6) is 0.904. The topological polar surface area (TPSA) is 102 Å². The second-order valence-corrected chi connectivity index (χ2v) is 7.96. The standard InChI is InChI=1S/C24H28N6O3/c1-4-29-13-11-20(28-29)24(32)30-12-5-6-21(30)22-19(15-25-16(2)27-22)23(31)26-14-17-7-9-18(33-3)10-8-17/h7-11,13,15,21H,4-6,12,14H2,1-3H3,(H,26,31)/t21-/m1/s1. The Labute approximate surface area is 192 Å². The predicted molar refractivity (Wildman–Crippen MR) is 122 cm³/mol. The Bertz CT molecular complexity index is 1140. The largest absolute Gasteiger partial charge is 0.497 e. The third kappa shape index (κ3) is 4.87. The van der Waals surface area contributed by atoms with Crippen molar-refractivity contribution in [2.24, 2.45) is 0 Å². The lowest BCUT2D eigenvalue weighted by Crippen LogP contribution is -2.33. The third-order valence-corrected chi connectivity index (χ3v) is 5.81. The van der Waals surface area contributed by atoms with E-state index in [-0.39, 0.29) is 17.9 Å². The van der Waals surface area contributed by atoms with E-state index in [9.17, 15) is 9.59 Å². The molecule has 1 N–H and O–H groups in total. The van der Waals surface area contributed by atoms with Crippen LogP contribution in [0.5, 0.6) is 5.75 Å². The van der Waals surface area contributed by atoms with Gasteiger partial charge in [-0.05, 0) is 50.5 Å². The fraction of sp³-hybridized carbons (Fsp3) is 0.375. The number of carbonyl (C=O) groups is 2. The molecule has 2 aromatic heterocycles. The highest BCUT2D eigenvalue weighted by atomic mass is 16.5. The summed E-state index contributed by atoms with van der Waals surface area (Å²) in [6.07, 6.45) is 4.91. The molecule has 1 aromatic carbocycles. The Kier molecular flexibility index (Phi) is 6.67. The number of benzene rings is 1. The molecule has 1 aliphatic rings. The number of likely N-dealkylation sites (tertiary alicyclic amines) is 1. The van der Waals surface area contributed by atoms with Crippen LogP contribution in [0.1, 0.15) is 63.7 Å². The van der Waals surface area contributed by atoms with Crippen molar-refractivity contribution in [2.75, 3.05) is 13.7 Å². The van der Waals surface area contributed by atoms with E-state index in [1.54, 1.807) is 42.1 Å². The van der Waals surface area contributed by atoms with Crippen LogP contribution in [0.4, 0.5) is 0 Å². The third-order valence-electron chi connectivity index (χ3n) is 5.81. The molecular weight excluding hydrogens is 420 g/mol. The highest BCUT2D eigenvalue weighted by Gasteiger charge is 2.35. The van der Waals surface area contributed by atoms with Crippen LogP contribution < -0.4 is 10.1 Å². The van der Waals surface area contributed by atoms with E-state index in [2.05, 4.69) is 20.4 Å². The minimum Gasteiger partial charge on any atom is -0.497 e.